The zero-order chi connectivity index (χ0) is 17.0. The number of hydrogen-bond donors (Lipinski definition) is 1. The monoisotopic (exact) mass is 320 g/mol. The maximum absolute atomic E-state index is 12.5. The maximum atomic E-state index is 12.5. The van der Waals surface area contributed by atoms with Gasteiger partial charge in [-0.1, -0.05) is 23.3 Å². The van der Waals surface area contributed by atoms with Crippen LogP contribution >= 0.6 is 0 Å². The Balaban J connectivity index is 1.93. The number of nitrogens with zero attached hydrogens (tertiary/aromatic N) is 2. The SMILES string of the molecule is CC(C)=CCC/C(C)=C/CN1CC(=O)N2CC[C@@H](O)C[C@H]2C1=O. The summed E-state index contributed by atoms with van der Waals surface area (Å²) < 4.78 is 0. The number of rotatable bonds is 5. The highest BCUT2D eigenvalue weighted by molar-refractivity contribution is 5.95. The van der Waals surface area contributed by atoms with Crippen molar-refractivity contribution in [1.29, 1.82) is 0 Å². The molecule has 0 aliphatic carbocycles. The number of aliphatic hydroxyl groups is 1. The maximum Gasteiger partial charge on any atom is 0.246 e. The fourth-order valence-corrected chi connectivity index (χ4v) is 3.13. The topological polar surface area (TPSA) is 60.9 Å². The quantitative estimate of drug-likeness (QED) is 0.787. The molecule has 0 aromatic carbocycles. The van der Waals surface area contributed by atoms with Crippen LogP contribution in [0.2, 0.25) is 0 Å². The van der Waals surface area contributed by atoms with Gasteiger partial charge in [0.2, 0.25) is 11.8 Å². The molecular weight excluding hydrogens is 292 g/mol. The van der Waals surface area contributed by atoms with Gasteiger partial charge in [-0.15, -0.1) is 0 Å². The minimum atomic E-state index is -0.478. The summed E-state index contributed by atoms with van der Waals surface area (Å²) in [5.74, 6) is -0.0335. The molecule has 2 atom stereocenters. The molecule has 23 heavy (non-hydrogen) atoms. The van der Waals surface area contributed by atoms with Crippen molar-refractivity contribution >= 4 is 11.8 Å². The summed E-state index contributed by atoms with van der Waals surface area (Å²) in [4.78, 5) is 28.0. The van der Waals surface area contributed by atoms with Crippen molar-refractivity contribution in [2.75, 3.05) is 19.6 Å². The number of piperidine rings is 1. The summed E-state index contributed by atoms with van der Waals surface area (Å²) in [6.45, 7) is 7.35. The number of amides is 2. The molecule has 5 nitrogen and oxygen atoms in total. The van der Waals surface area contributed by atoms with Crippen molar-refractivity contribution < 1.29 is 14.7 Å². The molecule has 0 spiro atoms. The Morgan fingerprint density at radius 2 is 2.00 bits per heavy atom. The van der Waals surface area contributed by atoms with Crippen LogP contribution in [0, 0.1) is 0 Å². The molecule has 1 N–H and O–H groups in total. The summed E-state index contributed by atoms with van der Waals surface area (Å²) in [5, 5.41) is 9.77. The van der Waals surface area contributed by atoms with Gasteiger partial charge >= 0.3 is 0 Å². The van der Waals surface area contributed by atoms with Crippen LogP contribution in [0.3, 0.4) is 0 Å². The highest BCUT2D eigenvalue weighted by Crippen LogP contribution is 2.23. The Kier molecular flexibility index (Phi) is 5.99. The van der Waals surface area contributed by atoms with E-state index in [-0.39, 0.29) is 18.4 Å². The van der Waals surface area contributed by atoms with Crippen LogP contribution in [-0.4, -0.2) is 58.5 Å². The van der Waals surface area contributed by atoms with E-state index in [1.165, 1.54) is 11.1 Å². The highest BCUT2D eigenvalue weighted by Gasteiger charge is 2.42. The van der Waals surface area contributed by atoms with Gasteiger partial charge in [0.05, 0.1) is 6.10 Å². The zero-order valence-corrected chi connectivity index (χ0v) is 14.4. The fraction of sp³-hybridized carbons (Fsp3) is 0.667. The second-order valence-corrected chi connectivity index (χ2v) is 6.87. The number of piperazine rings is 1. The predicted molar refractivity (Wildman–Crippen MR) is 89.7 cm³/mol. The Labute approximate surface area is 138 Å². The first kappa shape index (κ1) is 17.7. The van der Waals surface area contributed by atoms with Crippen LogP contribution in [0.1, 0.15) is 46.5 Å². The van der Waals surface area contributed by atoms with Crippen LogP contribution in [-0.2, 0) is 9.59 Å². The number of carbonyl (C=O) groups excluding carboxylic acids is 2. The molecule has 2 aliphatic rings. The van der Waals surface area contributed by atoms with Crippen molar-refractivity contribution in [3.05, 3.63) is 23.3 Å². The van der Waals surface area contributed by atoms with E-state index in [1.807, 2.05) is 6.08 Å². The third-order valence-corrected chi connectivity index (χ3v) is 4.57. The van der Waals surface area contributed by atoms with E-state index in [1.54, 1.807) is 9.80 Å². The number of hydrogen-bond acceptors (Lipinski definition) is 3. The zero-order valence-electron chi connectivity index (χ0n) is 14.4. The molecule has 0 aromatic rings. The van der Waals surface area contributed by atoms with Crippen LogP contribution in [0.5, 0.6) is 0 Å². The first-order valence-electron chi connectivity index (χ1n) is 8.43. The lowest BCUT2D eigenvalue weighted by Crippen LogP contribution is -2.62. The van der Waals surface area contributed by atoms with E-state index in [9.17, 15) is 14.7 Å². The van der Waals surface area contributed by atoms with E-state index < -0.39 is 12.1 Å². The van der Waals surface area contributed by atoms with Crippen molar-refractivity contribution in [3.63, 3.8) is 0 Å². The van der Waals surface area contributed by atoms with Gasteiger partial charge < -0.3 is 14.9 Å². The highest BCUT2D eigenvalue weighted by atomic mass is 16.3. The lowest BCUT2D eigenvalue weighted by atomic mass is 9.96. The van der Waals surface area contributed by atoms with E-state index >= 15 is 0 Å². The molecule has 2 heterocycles. The van der Waals surface area contributed by atoms with Crippen LogP contribution < -0.4 is 0 Å². The Morgan fingerprint density at radius 3 is 2.70 bits per heavy atom. The molecule has 5 heteroatoms. The van der Waals surface area contributed by atoms with Gasteiger partial charge in [-0.2, -0.15) is 0 Å². The number of fused-ring (bicyclic) bond motifs is 1. The smallest absolute Gasteiger partial charge is 0.246 e. The number of carbonyl (C=O) groups is 2. The molecule has 2 rings (SSSR count). The number of allylic oxidation sites excluding steroid dienone is 3. The van der Waals surface area contributed by atoms with Gasteiger partial charge in [-0.3, -0.25) is 9.59 Å². The molecule has 2 amide bonds. The lowest BCUT2D eigenvalue weighted by molar-refractivity contribution is -0.159. The van der Waals surface area contributed by atoms with E-state index in [2.05, 4.69) is 26.8 Å². The summed E-state index contributed by atoms with van der Waals surface area (Å²) in [5.41, 5.74) is 2.54. The van der Waals surface area contributed by atoms with Crippen LogP contribution in [0.4, 0.5) is 0 Å². The van der Waals surface area contributed by atoms with E-state index in [4.69, 9.17) is 0 Å². The van der Waals surface area contributed by atoms with Gasteiger partial charge in [0.1, 0.15) is 12.6 Å². The van der Waals surface area contributed by atoms with Crippen molar-refractivity contribution in [3.8, 4) is 0 Å². The molecule has 0 radical (unpaired) electrons. The number of aliphatic hydroxyl groups excluding tert-OH is 1. The Morgan fingerprint density at radius 1 is 1.26 bits per heavy atom. The van der Waals surface area contributed by atoms with Crippen molar-refractivity contribution in [2.45, 2.75) is 58.6 Å². The van der Waals surface area contributed by atoms with Crippen LogP contribution in [0.15, 0.2) is 23.3 Å². The fourth-order valence-electron chi connectivity index (χ4n) is 3.13. The summed E-state index contributed by atoms with van der Waals surface area (Å²) in [6, 6.07) is -0.473. The summed E-state index contributed by atoms with van der Waals surface area (Å²) in [7, 11) is 0. The average molecular weight is 320 g/mol. The standard InChI is InChI=1S/C18H28N2O3/c1-13(2)5-4-6-14(3)7-9-19-12-17(22)20-10-8-15(21)11-16(20)18(19)23/h5,7,15-16,21H,4,6,8-12H2,1-3H3/b14-7+/t15-,16+/m1/s1. The Hall–Kier alpha value is -1.62. The van der Waals surface area contributed by atoms with Crippen LogP contribution in [0.25, 0.3) is 0 Å². The molecule has 0 aromatic heterocycles. The molecular formula is C18H28N2O3. The Bertz CT molecular complexity index is 520. The molecule has 2 saturated heterocycles. The largest absolute Gasteiger partial charge is 0.393 e. The molecule has 2 fully saturated rings. The summed E-state index contributed by atoms with van der Waals surface area (Å²) in [6.07, 6.45) is 6.67. The van der Waals surface area contributed by atoms with Gasteiger partial charge in [0, 0.05) is 19.5 Å². The van der Waals surface area contributed by atoms with Gasteiger partial charge in [0.25, 0.3) is 0 Å². The second-order valence-electron chi connectivity index (χ2n) is 6.87. The average Bonchev–Trinajstić information content (AvgIpc) is 2.49. The summed E-state index contributed by atoms with van der Waals surface area (Å²) >= 11 is 0. The van der Waals surface area contributed by atoms with E-state index in [0.29, 0.717) is 25.9 Å². The minimum Gasteiger partial charge on any atom is -0.393 e. The predicted octanol–water partition coefficient (Wildman–Crippen LogP) is 1.87. The second kappa shape index (κ2) is 7.77. The van der Waals surface area contributed by atoms with E-state index in [0.717, 1.165) is 12.8 Å². The first-order chi connectivity index (χ1) is 10.9. The van der Waals surface area contributed by atoms with Crippen molar-refractivity contribution in [2.24, 2.45) is 0 Å². The first-order valence-corrected chi connectivity index (χ1v) is 8.43. The minimum absolute atomic E-state index is 0.00269. The molecule has 0 unspecified atom stereocenters. The normalized spacial score (nSPS) is 25.5. The molecule has 2 aliphatic heterocycles. The van der Waals surface area contributed by atoms with Crippen molar-refractivity contribution in [1.82, 2.24) is 9.80 Å². The van der Waals surface area contributed by atoms with Gasteiger partial charge in [-0.05, 0) is 40.0 Å². The molecule has 0 saturated carbocycles. The third kappa shape index (κ3) is 4.67. The molecule has 0 bridgehead atoms. The van der Waals surface area contributed by atoms with Gasteiger partial charge in [0.15, 0.2) is 0 Å². The lowest BCUT2D eigenvalue weighted by Gasteiger charge is -2.43. The van der Waals surface area contributed by atoms with Gasteiger partial charge in [-0.25, -0.2) is 0 Å². The third-order valence-electron chi connectivity index (χ3n) is 4.57. The molecule has 128 valence electrons.